The van der Waals surface area contributed by atoms with E-state index in [0.29, 0.717) is 12.5 Å². The van der Waals surface area contributed by atoms with Gasteiger partial charge >= 0.3 is 0 Å². The van der Waals surface area contributed by atoms with E-state index in [2.05, 4.69) is 16.0 Å². The first kappa shape index (κ1) is 15.6. The van der Waals surface area contributed by atoms with E-state index in [0.717, 1.165) is 41.5 Å². The number of aryl methyl sites for hydroxylation is 1. The lowest BCUT2D eigenvalue weighted by molar-refractivity contribution is 0.218. The van der Waals surface area contributed by atoms with Crippen LogP contribution in [0.25, 0.3) is 0 Å². The fraction of sp³-hybridized carbons (Fsp3) is 0.444. The number of ether oxygens (including phenoxy) is 2. The third-order valence-electron chi connectivity index (χ3n) is 4.15. The molecule has 1 aliphatic heterocycles. The zero-order valence-corrected chi connectivity index (χ0v) is 14.2. The van der Waals surface area contributed by atoms with Crippen molar-refractivity contribution in [3.63, 3.8) is 0 Å². The van der Waals surface area contributed by atoms with Gasteiger partial charge in [0.1, 0.15) is 23.1 Å². The van der Waals surface area contributed by atoms with E-state index >= 15 is 0 Å². The third kappa shape index (κ3) is 3.38. The number of fused-ring (bicyclic) bond motifs is 1. The van der Waals surface area contributed by atoms with Gasteiger partial charge in [-0.2, -0.15) is 0 Å². The molecule has 5 heteroatoms. The van der Waals surface area contributed by atoms with Gasteiger partial charge < -0.3 is 14.4 Å². The van der Waals surface area contributed by atoms with Crippen molar-refractivity contribution in [3.8, 4) is 11.5 Å². The van der Waals surface area contributed by atoms with Crippen LogP contribution in [0.3, 0.4) is 0 Å². The van der Waals surface area contributed by atoms with Gasteiger partial charge in [-0.3, -0.25) is 0 Å². The summed E-state index contributed by atoms with van der Waals surface area (Å²) in [6.07, 6.45) is 3.71. The summed E-state index contributed by atoms with van der Waals surface area (Å²) in [4.78, 5) is 11.2. The maximum atomic E-state index is 5.91. The Kier molecular flexibility index (Phi) is 4.37. The van der Waals surface area contributed by atoms with E-state index in [1.807, 2.05) is 44.2 Å². The second kappa shape index (κ2) is 6.44. The van der Waals surface area contributed by atoms with Gasteiger partial charge in [0.25, 0.3) is 0 Å². The predicted molar refractivity (Wildman–Crippen MR) is 90.5 cm³/mol. The zero-order chi connectivity index (χ0) is 16.4. The van der Waals surface area contributed by atoms with Gasteiger partial charge in [0.05, 0.1) is 13.7 Å². The first-order valence-electron chi connectivity index (χ1n) is 7.86. The Bertz CT molecular complexity index is 701. The summed E-state index contributed by atoms with van der Waals surface area (Å²) >= 11 is 0. The molecule has 2 heterocycles. The summed E-state index contributed by atoms with van der Waals surface area (Å²) in [7, 11) is 5.68. The maximum absolute atomic E-state index is 5.91. The molecule has 0 spiro atoms. The third-order valence-corrected chi connectivity index (χ3v) is 4.15. The zero-order valence-electron chi connectivity index (χ0n) is 14.2. The standard InChI is InChI=1S/C18H23N3O2/c1-12-10-19-17(20-18(12)21(2)3)8-13-7-14-5-6-15(22-4)9-16(14)23-11-13/h5-6,9-10,13H,7-8,11H2,1-4H3. The number of hydrogen-bond donors (Lipinski definition) is 0. The van der Waals surface area contributed by atoms with Crippen LogP contribution in [0.2, 0.25) is 0 Å². The van der Waals surface area contributed by atoms with Crippen LogP contribution in [0, 0.1) is 12.8 Å². The molecule has 2 aromatic rings. The van der Waals surface area contributed by atoms with Gasteiger partial charge in [-0.1, -0.05) is 6.07 Å². The molecule has 1 aromatic heterocycles. The van der Waals surface area contributed by atoms with Crippen molar-refractivity contribution in [2.24, 2.45) is 5.92 Å². The number of aromatic nitrogens is 2. The Morgan fingerprint density at radius 2 is 2.17 bits per heavy atom. The number of hydrogen-bond acceptors (Lipinski definition) is 5. The van der Waals surface area contributed by atoms with Crippen LogP contribution in [0.15, 0.2) is 24.4 Å². The lowest BCUT2D eigenvalue weighted by Gasteiger charge is -2.25. The monoisotopic (exact) mass is 313 g/mol. The Hall–Kier alpha value is -2.30. The summed E-state index contributed by atoms with van der Waals surface area (Å²) in [6.45, 7) is 2.72. The summed E-state index contributed by atoms with van der Waals surface area (Å²) in [5.41, 5.74) is 2.32. The highest BCUT2D eigenvalue weighted by atomic mass is 16.5. The van der Waals surface area contributed by atoms with Crippen LogP contribution in [0.4, 0.5) is 5.82 Å². The molecule has 0 aliphatic carbocycles. The molecule has 5 nitrogen and oxygen atoms in total. The van der Waals surface area contributed by atoms with E-state index in [-0.39, 0.29) is 0 Å². The van der Waals surface area contributed by atoms with Crippen LogP contribution >= 0.6 is 0 Å². The highest BCUT2D eigenvalue weighted by Crippen LogP contribution is 2.32. The van der Waals surface area contributed by atoms with Crippen molar-refractivity contribution >= 4 is 5.82 Å². The quantitative estimate of drug-likeness (QED) is 0.868. The fourth-order valence-corrected chi connectivity index (χ4v) is 2.95. The first-order valence-corrected chi connectivity index (χ1v) is 7.86. The Morgan fingerprint density at radius 1 is 1.35 bits per heavy atom. The van der Waals surface area contributed by atoms with Crippen molar-refractivity contribution in [2.75, 3.05) is 32.7 Å². The molecular formula is C18H23N3O2. The second-order valence-corrected chi connectivity index (χ2v) is 6.25. The van der Waals surface area contributed by atoms with Crippen molar-refractivity contribution in [3.05, 3.63) is 41.3 Å². The molecule has 1 aromatic carbocycles. The molecule has 23 heavy (non-hydrogen) atoms. The number of benzene rings is 1. The molecule has 0 bridgehead atoms. The number of anilines is 1. The maximum Gasteiger partial charge on any atom is 0.134 e. The van der Waals surface area contributed by atoms with Gasteiger partial charge in [-0.25, -0.2) is 9.97 Å². The molecule has 0 radical (unpaired) electrons. The van der Waals surface area contributed by atoms with Crippen molar-refractivity contribution < 1.29 is 9.47 Å². The van der Waals surface area contributed by atoms with Gasteiger partial charge in [-0.15, -0.1) is 0 Å². The lowest BCUT2D eigenvalue weighted by Crippen LogP contribution is -2.24. The topological polar surface area (TPSA) is 47.5 Å². The van der Waals surface area contributed by atoms with E-state index in [4.69, 9.17) is 9.47 Å². The van der Waals surface area contributed by atoms with Crippen LogP contribution in [-0.4, -0.2) is 37.8 Å². The molecule has 1 unspecified atom stereocenters. The minimum Gasteiger partial charge on any atom is -0.497 e. The predicted octanol–water partition coefficient (Wildman–Crippen LogP) is 2.65. The van der Waals surface area contributed by atoms with Gasteiger partial charge in [-0.05, 0) is 25.0 Å². The van der Waals surface area contributed by atoms with E-state index < -0.39 is 0 Å². The highest BCUT2D eigenvalue weighted by molar-refractivity contribution is 5.44. The Labute approximate surface area is 137 Å². The minimum absolute atomic E-state index is 0.397. The van der Waals surface area contributed by atoms with Crippen LogP contribution < -0.4 is 14.4 Å². The summed E-state index contributed by atoms with van der Waals surface area (Å²) in [5.74, 6) is 4.02. The highest BCUT2D eigenvalue weighted by Gasteiger charge is 2.22. The number of methoxy groups -OCH3 is 1. The summed E-state index contributed by atoms with van der Waals surface area (Å²) < 4.78 is 11.2. The molecule has 0 fully saturated rings. The molecule has 0 saturated carbocycles. The number of nitrogens with zero attached hydrogens (tertiary/aromatic N) is 3. The van der Waals surface area contributed by atoms with E-state index in [1.54, 1.807) is 7.11 Å². The lowest BCUT2D eigenvalue weighted by atomic mass is 9.93. The molecule has 0 amide bonds. The van der Waals surface area contributed by atoms with Gasteiger partial charge in [0.2, 0.25) is 0 Å². The minimum atomic E-state index is 0.397. The van der Waals surface area contributed by atoms with Gasteiger partial charge in [0.15, 0.2) is 0 Å². The Morgan fingerprint density at radius 3 is 2.91 bits per heavy atom. The molecule has 122 valence electrons. The van der Waals surface area contributed by atoms with Crippen molar-refractivity contribution in [1.29, 1.82) is 0 Å². The SMILES string of the molecule is COc1ccc2c(c1)OCC(Cc1ncc(C)c(N(C)C)n1)C2. The molecular weight excluding hydrogens is 290 g/mol. The normalized spacial score (nSPS) is 16.4. The molecule has 0 N–H and O–H groups in total. The molecule has 1 aliphatic rings. The second-order valence-electron chi connectivity index (χ2n) is 6.25. The van der Waals surface area contributed by atoms with Crippen LogP contribution in [0.1, 0.15) is 17.0 Å². The van der Waals surface area contributed by atoms with E-state index in [1.165, 1.54) is 5.56 Å². The summed E-state index contributed by atoms with van der Waals surface area (Å²) in [6, 6.07) is 6.02. The van der Waals surface area contributed by atoms with Crippen molar-refractivity contribution in [1.82, 2.24) is 9.97 Å². The first-order chi connectivity index (χ1) is 11.1. The van der Waals surface area contributed by atoms with Crippen molar-refractivity contribution in [2.45, 2.75) is 19.8 Å². The van der Waals surface area contributed by atoms with E-state index in [9.17, 15) is 0 Å². The largest absolute Gasteiger partial charge is 0.497 e. The van der Waals surface area contributed by atoms with Gasteiger partial charge in [0, 0.05) is 44.3 Å². The fourth-order valence-electron chi connectivity index (χ4n) is 2.95. The molecule has 0 saturated heterocycles. The van der Waals surface area contributed by atoms with Crippen LogP contribution in [0.5, 0.6) is 11.5 Å². The Balaban J connectivity index is 1.73. The molecule has 1 atom stereocenters. The smallest absolute Gasteiger partial charge is 0.134 e. The molecule has 3 rings (SSSR count). The average molecular weight is 313 g/mol. The number of rotatable bonds is 4. The van der Waals surface area contributed by atoms with Crippen LogP contribution in [-0.2, 0) is 12.8 Å². The average Bonchev–Trinajstić information content (AvgIpc) is 2.56. The summed E-state index contributed by atoms with van der Waals surface area (Å²) in [5, 5.41) is 0.